The van der Waals surface area contributed by atoms with Crippen molar-refractivity contribution in [2.45, 2.75) is 175 Å². The Kier molecular flexibility index (Phi) is 29.8. The van der Waals surface area contributed by atoms with Crippen LogP contribution in [0.5, 0.6) is 0 Å². The number of aryl methyl sites for hydroxylation is 2. The van der Waals surface area contributed by atoms with Gasteiger partial charge in [0.1, 0.15) is 0 Å². The van der Waals surface area contributed by atoms with Crippen LogP contribution in [0.2, 0.25) is 0 Å². The third-order valence-corrected chi connectivity index (χ3v) is 11.5. The summed E-state index contributed by atoms with van der Waals surface area (Å²) in [6.07, 6.45) is 27.8. The van der Waals surface area contributed by atoms with E-state index in [2.05, 4.69) is 102 Å². The Morgan fingerprint density at radius 2 is 0.871 bits per heavy atom. The fourth-order valence-corrected chi connectivity index (χ4v) is 7.85. The van der Waals surface area contributed by atoms with Crippen LogP contribution < -0.4 is 0 Å². The van der Waals surface area contributed by atoms with Gasteiger partial charge in [0.05, 0.1) is 0 Å². The monoisotopic (exact) mass is 875 g/mol. The minimum absolute atomic E-state index is 0. The Morgan fingerprint density at radius 1 is 0.435 bits per heavy atom. The van der Waals surface area contributed by atoms with E-state index in [1.165, 1.54) is 105 Å². The fraction of sp³-hybridized carbons (Fsp3) is 0.458. The molecule has 1 heterocycles. The van der Waals surface area contributed by atoms with Crippen LogP contribution in [0.4, 0.5) is 0 Å². The summed E-state index contributed by atoms with van der Waals surface area (Å²) in [5, 5.41) is 0. The second-order valence-corrected chi connectivity index (χ2v) is 16.7. The number of benzene rings is 4. The third kappa shape index (κ3) is 20.7. The standard InChI is InChI=1S/C45H66N2.2C7H7.Ni/c1-5-9-13-14-15-16-17-18-19-20-21-22-23-24-25-29-39-30-26-27-33-41(39)45-43(32-12-8-4)42(31-11-7-3)44(47(45)46)40-36-34-38(35-37-40)28-10-6-2;2*1-7-5-3-2-4-6-7;/h26-27,30,33-37H,5-21,24-25,28-29,31-32H2,1-4H3;2*2-6H,1H2;/q;2*-1;+2. The Labute approximate surface area is 390 Å². The van der Waals surface area contributed by atoms with Gasteiger partial charge in [0.2, 0.25) is 11.4 Å². The van der Waals surface area contributed by atoms with Crippen LogP contribution in [-0.4, -0.2) is 4.70 Å². The predicted octanol–water partition coefficient (Wildman–Crippen LogP) is 18.0. The smallest absolute Gasteiger partial charge is 0.493 e. The molecule has 3 heteroatoms. The van der Waals surface area contributed by atoms with Gasteiger partial charge in [-0.2, -0.15) is 49.2 Å². The summed E-state index contributed by atoms with van der Waals surface area (Å²) >= 11 is 0. The van der Waals surface area contributed by atoms with Gasteiger partial charge in [-0.25, -0.2) is 4.70 Å². The van der Waals surface area contributed by atoms with Crippen molar-refractivity contribution in [1.29, 1.82) is 0 Å². The van der Waals surface area contributed by atoms with Crippen LogP contribution in [0, 0.1) is 25.7 Å². The first-order valence-electron chi connectivity index (χ1n) is 24.3. The number of hydrogen-bond acceptors (Lipinski definition) is 0. The van der Waals surface area contributed by atoms with Crippen molar-refractivity contribution in [3.8, 4) is 11.8 Å². The largest absolute Gasteiger partial charge is 2.00 e. The molecule has 0 saturated heterocycles. The van der Waals surface area contributed by atoms with Crippen molar-refractivity contribution in [3.05, 3.63) is 173 Å². The number of unbranched alkanes of at least 4 members (excludes halogenated alkanes) is 14. The summed E-state index contributed by atoms with van der Waals surface area (Å²) in [7, 11) is 0. The molecule has 1 aliphatic heterocycles. The van der Waals surface area contributed by atoms with Crippen LogP contribution in [0.25, 0.3) is 16.9 Å². The zero-order valence-corrected chi connectivity index (χ0v) is 40.3. The summed E-state index contributed by atoms with van der Waals surface area (Å²) in [6.45, 7) is 16.5. The summed E-state index contributed by atoms with van der Waals surface area (Å²) in [5.41, 5.74) is 23.9. The Bertz CT molecular complexity index is 1850. The average molecular weight is 876 g/mol. The van der Waals surface area contributed by atoms with E-state index >= 15 is 0 Å². The molecule has 0 amide bonds. The molecule has 336 valence electrons. The molecule has 0 radical (unpaired) electrons. The van der Waals surface area contributed by atoms with Gasteiger partial charge in [-0.1, -0.05) is 147 Å². The van der Waals surface area contributed by atoms with E-state index in [9.17, 15) is 5.53 Å². The molecule has 0 aliphatic carbocycles. The first kappa shape index (κ1) is 53.9. The molecule has 5 rings (SSSR count). The molecule has 4 aromatic rings. The molecule has 1 aliphatic rings. The molecule has 0 saturated carbocycles. The van der Waals surface area contributed by atoms with Crippen molar-refractivity contribution < 1.29 is 21.2 Å². The van der Waals surface area contributed by atoms with Crippen LogP contribution in [0.3, 0.4) is 0 Å². The normalized spacial score (nSPS) is 11.8. The van der Waals surface area contributed by atoms with Gasteiger partial charge in [-0.3, -0.25) is 0 Å². The molecular formula is C59H80N2Ni. The third-order valence-electron chi connectivity index (χ3n) is 11.5. The fourth-order valence-electron chi connectivity index (χ4n) is 7.85. The zero-order chi connectivity index (χ0) is 43.8. The second-order valence-electron chi connectivity index (χ2n) is 16.7. The molecule has 2 nitrogen and oxygen atoms in total. The summed E-state index contributed by atoms with van der Waals surface area (Å²) in [6, 6.07) is 37.5. The van der Waals surface area contributed by atoms with Crippen LogP contribution in [0.15, 0.2) is 120 Å². The van der Waals surface area contributed by atoms with Crippen molar-refractivity contribution in [2.24, 2.45) is 0 Å². The summed E-state index contributed by atoms with van der Waals surface area (Å²) in [4.78, 5) is 0. The Hall–Kier alpha value is -4.25. The first-order chi connectivity index (χ1) is 29.9. The summed E-state index contributed by atoms with van der Waals surface area (Å²) < 4.78 is 1.56. The van der Waals surface area contributed by atoms with Gasteiger partial charge in [0, 0.05) is 35.1 Å². The minimum atomic E-state index is 0. The van der Waals surface area contributed by atoms with Crippen LogP contribution >= 0.6 is 0 Å². The summed E-state index contributed by atoms with van der Waals surface area (Å²) in [5.74, 6) is 6.92. The molecule has 4 aromatic carbocycles. The topological polar surface area (TPSA) is 25.3 Å². The van der Waals surface area contributed by atoms with E-state index in [1.54, 1.807) is 4.70 Å². The van der Waals surface area contributed by atoms with E-state index in [4.69, 9.17) is 0 Å². The van der Waals surface area contributed by atoms with E-state index < -0.39 is 0 Å². The molecule has 62 heavy (non-hydrogen) atoms. The second kappa shape index (κ2) is 34.3. The molecule has 0 spiro atoms. The minimum Gasteiger partial charge on any atom is -0.493 e. The SMILES string of the molecule is CCCCCCCCCCCCC#CCCCc1ccccc1C1=C(CCCC)C(CCCC)=C(c2ccc(CCCC)cc2)[N+]1=[N-].[CH2-]c1ccccc1.[CH2-]c1ccccc1.[Ni+2]. The zero-order valence-electron chi connectivity index (χ0n) is 39.3. The predicted molar refractivity (Wildman–Crippen MR) is 267 cm³/mol. The molecular weight excluding hydrogens is 795 g/mol. The van der Waals surface area contributed by atoms with Crippen molar-refractivity contribution in [1.82, 2.24) is 0 Å². The quantitative estimate of drug-likeness (QED) is 0.0220. The van der Waals surface area contributed by atoms with E-state index in [1.807, 2.05) is 60.7 Å². The van der Waals surface area contributed by atoms with Crippen LogP contribution in [0.1, 0.15) is 196 Å². The maximum Gasteiger partial charge on any atom is 2.00 e. The Morgan fingerprint density at radius 3 is 1.37 bits per heavy atom. The van der Waals surface area contributed by atoms with Crippen LogP contribution in [-0.2, 0) is 29.3 Å². The van der Waals surface area contributed by atoms with Gasteiger partial charge in [0.15, 0.2) is 0 Å². The maximum atomic E-state index is 12.0. The van der Waals surface area contributed by atoms with Crippen molar-refractivity contribution in [3.63, 3.8) is 0 Å². The van der Waals surface area contributed by atoms with E-state index in [0.29, 0.717) is 0 Å². The van der Waals surface area contributed by atoms with E-state index in [-0.39, 0.29) is 16.5 Å². The number of nitrogens with zero attached hydrogens (tertiary/aromatic N) is 2. The first-order valence-corrected chi connectivity index (χ1v) is 24.3. The molecule has 0 aromatic heterocycles. The number of hydrogen-bond donors (Lipinski definition) is 0. The molecule has 0 atom stereocenters. The molecule has 0 N–H and O–H groups in total. The maximum absolute atomic E-state index is 12.0. The number of rotatable bonds is 24. The molecule has 0 unspecified atom stereocenters. The van der Waals surface area contributed by atoms with Gasteiger partial charge in [0.25, 0.3) is 0 Å². The molecule has 0 bridgehead atoms. The van der Waals surface area contributed by atoms with Gasteiger partial charge < -0.3 is 5.53 Å². The molecule has 0 fully saturated rings. The van der Waals surface area contributed by atoms with Crippen molar-refractivity contribution >= 4 is 11.4 Å². The van der Waals surface area contributed by atoms with Gasteiger partial charge in [-0.05, 0) is 87.1 Å². The Balaban J connectivity index is 0.000000739. The number of allylic oxidation sites excluding steroid dienone is 2. The van der Waals surface area contributed by atoms with E-state index in [0.717, 1.165) is 98.7 Å². The van der Waals surface area contributed by atoms with Crippen molar-refractivity contribution in [2.75, 3.05) is 0 Å². The average Bonchev–Trinajstić information content (AvgIpc) is 3.56. The van der Waals surface area contributed by atoms with Gasteiger partial charge >= 0.3 is 16.5 Å². The van der Waals surface area contributed by atoms with Gasteiger partial charge in [-0.15, -0.1) is 36.1 Å².